The van der Waals surface area contributed by atoms with Gasteiger partial charge in [-0.3, -0.25) is 10.1 Å². The molecule has 0 aliphatic heterocycles. The van der Waals surface area contributed by atoms with Gasteiger partial charge in [-0.25, -0.2) is 4.39 Å². The van der Waals surface area contributed by atoms with E-state index in [1.54, 1.807) is 11.8 Å². The molecule has 0 amide bonds. The van der Waals surface area contributed by atoms with Crippen LogP contribution in [0.3, 0.4) is 0 Å². The highest BCUT2D eigenvalue weighted by molar-refractivity contribution is 9.10. The maximum atomic E-state index is 13.3. The van der Waals surface area contributed by atoms with Crippen LogP contribution >= 0.6 is 27.7 Å². The Bertz CT molecular complexity index is 432. The number of nitro benzene ring substituents is 1. The third-order valence-electron chi connectivity index (χ3n) is 2.33. The molecule has 100 valence electrons. The normalized spacial score (nSPS) is 10.4. The number of benzene rings is 1. The molecule has 0 atom stereocenters. The third-order valence-corrected chi connectivity index (χ3v) is 3.63. The summed E-state index contributed by atoms with van der Waals surface area (Å²) < 4.78 is 13.4. The topological polar surface area (TPSA) is 55.2 Å². The summed E-state index contributed by atoms with van der Waals surface area (Å²) >= 11 is 4.70. The van der Waals surface area contributed by atoms with Crippen molar-refractivity contribution in [2.75, 3.05) is 23.9 Å². The number of thioether (sulfide) groups is 1. The zero-order valence-electron chi connectivity index (χ0n) is 9.91. The van der Waals surface area contributed by atoms with E-state index in [2.05, 4.69) is 21.2 Å². The highest BCUT2D eigenvalue weighted by atomic mass is 79.9. The van der Waals surface area contributed by atoms with Crippen LogP contribution < -0.4 is 5.32 Å². The Hall–Kier alpha value is -0.820. The van der Waals surface area contributed by atoms with Crippen LogP contribution in [0.2, 0.25) is 0 Å². The summed E-state index contributed by atoms with van der Waals surface area (Å²) in [5.41, 5.74) is 0.109. The lowest BCUT2D eigenvalue weighted by molar-refractivity contribution is -0.384. The zero-order valence-corrected chi connectivity index (χ0v) is 12.3. The monoisotopic (exact) mass is 336 g/mol. The second-order valence-electron chi connectivity index (χ2n) is 3.67. The number of nitrogens with one attached hydrogen (secondary N) is 1. The molecule has 1 aromatic carbocycles. The van der Waals surface area contributed by atoms with Crippen molar-refractivity contribution >= 4 is 39.1 Å². The molecule has 0 saturated heterocycles. The number of unbranched alkanes of at least 4 members (excludes halogenated alkanes) is 1. The fraction of sp³-hybridized carbons (Fsp3) is 0.455. The van der Waals surface area contributed by atoms with Crippen LogP contribution in [0.1, 0.15) is 12.8 Å². The highest BCUT2D eigenvalue weighted by Crippen LogP contribution is 2.30. The van der Waals surface area contributed by atoms with Gasteiger partial charge in [0.05, 0.1) is 9.40 Å². The molecule has 0 fully saturated rings. The van der Waals surface area contributed by atoms with E-state index < -0.39 is 10.7 Å². The van der Waals surface area contributed by atoms with E-state index in [-0.39, 0.29) is 15.8 Å². The van der Waals surface area contributed by atoms with Gasteiger partial charge in [0, 0.05) is 18.7 Å². The Morgan fingerprint density at radius 3 is 2.83 bits per heavy atom. The van der Waals surface area contributed by atoms with Crippen LogP contribution in [-0.2, 0) is 0 Å². The number of halogens is 2. The predicted octanol–water partition coefficient (Wildman–Crippen LogP) is 4.05. The molecule has 0 aromatic heterocycles. The minimum Gasteiger partial charge on any atom is -0.379 e. The molecular formula is C11H14BrFN2O2S. The van der Waals surface area contributed by atoms with Gasteiger partial charge in [-0.2, -0.15) is 11.8 Å². The van der Waals surface area contributed by atoms with Gasteiger partial charge in [0.1, 0.15) is 11.5 Å². The van der Waals surface area contributed by atoms with Crippen molar-refractivity contribution in [2.45, 2.75) is 12.8 Å². The molecular weight excluding hydrogens is 323 g/mol. The maximum Gasteiger partial charge on any atom is 0.293 e. The lowest BCUT2D eigenvalue weighted by Crippen LogP contribution is -2.05. The summed E-state index contributed by atoms with van der Waals surface area (Å²) in [6.07, 6.45) is 3.96. The minimum absolute atomic E-state index is 0.0992. The van der Waals surface area contributed by atoms with Crippen LogP contribution in [0.5, 0.6) is 0 Å². The number of hydrogen-bond acceptors (Lipinski definition) is 4. The van der Waals surface area contributed by atoms with E-state index in [9.17, 15) is 14.5 Å². The molecule has 0 saturated carbocycles. The van der Waals surface area contributed by atoms with Crippen molar-refractivity contribution in [3.8, 4) is 0 Å². The molecule has 0 heterocycles. The van der Waals surface area contributed by atoms with E-state index in [1.807, 2.05) is 6.26 Å². The molecule has 4 nitrogen and oxygen atoms in total. The molecule has 1 rings (SSSR count). The summed E-state index contributed by atoms with van der Waals surface area (Å²) in [5.74, 6) is 0.547. The zero-order chi connectivity index (χ0) is 13.5. The molecule has 0 spiro atoms. The van der Waals surface area contributed by atoms with Gasteiger partial charge in [0.2, 0.25) is 0 Å². The highest BCUT2D eigenvalue weighted by Gasteiger charge is 2.16. The quantitative estimate of drug-likeness (QED) is 0.463. The van der Waals surface area contributed by atoms with Crippen molar-refractivity contribution in [1.29, 1.82) is 0 Å². The molecule has 0 aliphatic rings. The van der Waals surface area contributed by atoms with E-state index in [0.717, 1.165) is 24.7 Å². The van der Waals surface area contributed by atoms with Crippen LogP contribution in [-0.4, -0.2) is 23.5 Å². The van der Waals surface area contributed by atoms with Gasteiger partial charge >= 0.3 is 0 Å². The van der Waals surface area contributed by atoms with E-state index >= 15 is 0 Å². The largest absolute Gasteiger partial charge is 0.379 e. The molecule has 1 aromatic rings. The van der Waals surface area contributed by atoms with Crippen LogP contribution in [0.15, 0.2) is 16.6 Å². The first kappa shape index (κ1) is 15.2. The average molecular weight is 337 g/mol. The van der Waals surface area contributed by atoms with Crippen LogP contribution in [0, 0.1) is 15.9 Å². The van der Waals surface area contributed by atoms with E-state index in [0.29, 0.717) is 6.54 Å². The Morgan fingerprint density at radius 2 is 2.22 bits per heavy atom. The first-order chi connectivity index (χ1) is 8.56. The number of rotatable bonds is 7. The third kappa shape index (κ3) is 4.45. The second kappa shape index (κ2) is 7.58. The second-order valence-corrected chi connectivity index (χ2v) is 5.51. The lowest BCUT2D eigenvalue weighted by atomic mass is 10.2. The van der Waals surface area contributed by atoms with Gasteiger partial charge in [-0.05, 0) is 40.8 Å². The summed E-state index contributed by atoms with van der Waals surface area (Å²) in [6, 6.07) is 2.33. The fourth-order valence-corrected chi connectivity index (χ4v) is 2.25. The van der Waals surface area contributed by atoms with Crippen molar-refractivity contribution in [3.63, 3.8) is 0 Å². The van der Waals surface area contributed by atoms with Gasteiger partial charge in [-0.1, -0.05) is 0 Å². The number of hydrogen-bond donors (Lipinski definition) is 1. The first-order valence-electron chi connectivity index (χ1n) is 5.42. The van der Waals surface area contributed by atoms with Crippen molar-refractivity contribution in [1.82, 2.24) is 0 Å². The Labute approximate surface area is 118 Å². The number of nitro groups is 1. The summed E-state index contributed by atoms with van der Waals surface area (Å²) in [6.45, 7) is 0.600. The summed E-state index contributed by atoms with van der Waals surface area (Å²) in [5, 5.41) is 13.7. The Morgan fingerprint density at radius 1 is 1.50 bits per heavy atom. The fourth-order valence-electron chi connectivity index (χ4n) is 1.42. The molecule has 0 bridgehead atoms. The number of nitrogens with zero attached hydrogens (tertiary/aromatic N) is 1. The standard InChI is InChI=1S/C11H14BrFN2O2S/c1-18-5-3-2-4-14-10-7-9(13)8(12)6-11(10)15(16)17/h6-7,14H,2-5H2,1H3. The smallest absolute Gasteiger partial charge is 0.293 e. The lowest BCUT2D eigenvalue weighted by Gasteiger charge is -2.07. The van der Waals surface area contributed by atoms with Gasteiger partial charge in [0.25, 0.3) is 5.69 Å². The molecule has 18 heavy (non-hydrogen) atoms. The average Bonchev–Trinajstić information content (AvgIpc) is 2.32. The van der Waals surface area contributed by atoms with E-state index in [1.165, 1.54) is 6.07 Å². The Kier molecular flexibility index (Phi) is 6.42. The van der Waals surface area contributed by atoms with Crippen LogP contribution in [0.4, 0.5) is 15.8 Å². The maximum absolute atomic E-state index is 13.3. The Balaban J connectivity index is 2.68. The van der Waals surface area contributed by atoms with Gasteiger partial charge in [-0.15, -0.1) is 0 Å². The first-order valence-corrected chi connectivity index (χ1v) is 7.61. The molecule has 0 unspecified atom stereocenters. The van der Waals surface area contributed by atoms with Crippen molar-refractivity contribution in [2.24, 2.45) is 0 Å². The summed E-state index contributed by atoms with van der Waals surface area (Å²) in [4.78, 5) is 10.3. The minimum atomic E-state index is -0.519. The SMILES string of the molecule is CSCCCCNc1cc(F)c(Br)cc1[N+](=O)[O-]. The number of anilines is 1. The summed E-state index contributed by atoms with van der Waals surface area (Å²) in [7, 11) is 0. The van der Waals surface area contributed by atoms with Gasteiger partial charge < -0.3 is 5.32 Å². The molecule has 0 radical (unpaired) electrons. The molecule has 0 aliphatic carbocycles. The predicted molar refractivity (Wildman–Crippen MR) is 76.9 cm³/mol. The molecule has 7 heteroatoms. The van der Waals surface area contributed by atoms with Crippen molar-refractivity contribution < 1.29 is 9.31 Å². The van der Waals surface area contributed by atoms with E-state index in [4.69, 9.17) is 0 Å². The molecule has 1 N–H and O–H groups in total. The van der Waals surface area contributed by atoms with Crippen molar-refractivity contribution in [3.05, 3.63) is 32.5 Å². The van der Waals surface area contributed by atoms with Gasteiger partial charge in [0.15, 0.2) is 0 Å². The van der Waals surface area contributed by atoms with Crippen LogP contribution in [0.25, 0.3) is 0 Å².